The summed E-state index contributed by atoms with van der Waals surface area (Å²) >= 11 is 5.68. The summed E-state index contributed by atoms with van der Waals surface area (Å²) < 4.78 is 37.1. The minimum atomic E-state index is -4.53. The number of pyridine rings is 1. The third-order valence-electron chi connectivity index (χ3n) is 2.78. The number of aromatic nitrogens is 1. The predicted molar refractivity (Wildman–Crippen MR) is 52.8 cm³/mol. The molecule has 1 N–H and O–H groups in total. The van der Waals surface area contributed by atoms with E-state index < -0.39 is 23.1 Å². The number of halogens is 4. The highest BCUT2D eigenvalue weighted by atomic mass is 35.5. The maximum atomic E-state index is 12.4. The lowest BCUT2D eigenvalue weighted by Crippen LogP contribution is -2.22. The van der Waals surface area contributed by atoms with Gasteiger partial charge in [0.15, 0.2) is 0 Å². The molecule has 0 aliphatic heterocycles. The van der Waals surface area contributed by atoms with Gasteiger partial charge in [0.2, 0.25) is 0 Å². The second-order valence-electron chi connectivity index (χ2n) is 3.94. The Morgan fingerprint density at radius 1 is 1.47 bits per heavy atom. The summed E-state index contributed by atoms with van der Waals surface area (Å²) in [7, 11) is 0. The summed E-state index contributed by atoms with van der Waals surface area (Å²) in [5, 5.41) is 8.74. The van der Waals surface area contributed by atoms with Crippen molar-refractivity contribution in [2.75, 3.05) is 0 Å². The molecule has 2 rings (SSSR count). The van der Waals surface area contributed by atoms with E-state index in [2.05, 4.69) is 4.98 Å². The smallest absolute Gasteiger partial charge is 0.417 e. The summed E-state index contributed by atoms with van der Waals surface area (Å²) in [6.07, 6.45) is -3.22. The zero-order chi connectivity index (χ0) is 12.8. The van der Waals surface area contributed by atoms with Gasteiger partial charge in [0.25, 0.3) is 0 Å². The molecule has 0 saturated heterocycles. The molecule has 0 amide bonds. The van der Waals surface area contributed by atoms with Gasteiger partial charge in [0.05, 0.1) is 16.3 Å². The van der Waals surface area contributed by atoms with Crippen molar-refractivity contribution >= 4 is 17.6 Å². The number of hydrogen-bond donors (Lipinski definition) is 1. The number of alkyl halides is 3. The first-order valence-electron chi connectivity index (χ1n) is 4.74. The van der Waals surface area contributed by atoms with Gasteiger partial charge in [-0.25, -0.2) is 0 Å². The summed E-state index contributed by atoms with van der Waals surface area (Å²) in [4.78, 5) is 14.6. The fourth-order valence-corrected chi connectivity index (χ4v) is 1.97. The zero-order valence-corrected chi connectivity index (χ0v) is 9.14. The third kappa shape index (κ3) is 1.97. The van der Waals surface area contributed by atoms with Gasteiger partial charge in [-0.05, 0) is 18.9 Å². The van der Waals surface area contributed by atoms with Crippen LogP contribution in [0.5, 0.6) is 0 Å². The Morgan fingerprint density at radius 3 is 2.41 bits per heavy atom. The molecule has 3 nitrogen and oxygen atoms in total. The molecule has 1 saturated carbocycles. The van der Waals surface area contributed by atoms with E-state index in [1.165, 1.54) is 0 Å². The van der Waals surface area contributed by atoms with Gasteiger partial charge in [-0.2, -0.15) is 13.2 Å². The normalized spacial score (nSPS) is 17.9. The van der Waals surface area contributed by atoms with Crippen molar-refractivity contribution in [3.63, 3.8) is 0 Å². The van der Waals surface area contributed by atoms with Crippen LogP contribution in [-0.4, -0.2) is 16.1 Å². The number of carboxylic acid groups (broad SMARTS) is 1. The summed E-state index contributed by atoms with van der Waals surface area (Å²) in [6, 6.07) is 0.715. The minimum Gasteiger partial charge on any atom is -0.481 e. The van der Waals surface area contributed by atoms with Crippen LogP contribution in [0, 0.1) is 0 Å². The van der Waals surface area contributed by atoms with Crippen LogP contribution in [-0.2, 0) is 16.4 Å². The average Bonchev–Trinajstić information content (AvgIpc) is 2.96. The monoisotopic (exact) mass is 265 g/mol. The largest absolute Gasteiger partial charge is 0.481 e. The van der Waals surface area contributed by atoms with Gasteiger partial charge in [-0.1, -0.05) is 11.6 Å². The Bertz CT molecular complexity index is 483. The number of carbonyl (C=O) groups is 1. The molecule has 1 aromatic heterocycles. The lowest BCUT2D eigenvalue weighted by Gasteiger charge is -2.13. The molecular weight excluding hydrogens is 259 g/mol. The fourth-order valence-electron chi connectivity index (χ4n) is 1.62. The van der Waals surface area contributed by atoms with Crippen molar-refractivity contribution in [2.45, 2.75) is 24.4 Å². The molecule has 0 unspecified atom stereocenters. The molecule has 92 valence electrons. The second kappa shape index (κ2) is 3.60. The number of rotatable bonds is 2. The van der Waals surface area contributed by atoms with E-state index in [0.717, 1.165) is 0 Å². The van der Waals surface area contributed by atoms with Crippen molar-refractivity contribution in [3.05, 3.63) is 28.5 Å². The van der Waals surface area contributed by atoms with Gasteiger partial charge in [0, 0.05) is 6.20 Å². The van der Waals surface area contributed by atoms with E-state index in [9.17, 15) is 18.0 Å². The molecule has 1 fully saturated rings. The Labute approximate surface area is 99.2 Å². The van der Waals surface area contributed by atoms with E-state index in [1.807, 2.05) is 0 Å². The molecule has 0 spiro atoms. The van der Waals surface area contributed by atoms with Crippen LogP contribution < -0.4 is 0 Å². The van der Waals surface area contributed by atoms with Crippen LogP contribution in [0.25, 0.3) is 0 Å². The number of nitrogens with zero attached hydrogens (tertiary/aromatic N) is 1. The maximum absolute atomic E-state index is 12.4. The van der Waals surface area contributed by atoms with Crippen molar-refractivity contribution in [1.29, 1.82) is 0 Å². The molecule has 7 heteroatoms. The van der Waals surface area contributed by atoms with Crippen LogP contribution in [0.2, 0.25) is 5.02 Å². The van der Waals surface area contributed by atoms with Crippen molar-refractivity contribution in [1.82, 2.24) is 4.98 Å². The lowest BCUT2D eigenvalue weighted by molar-refractivity contribution is -0.140. The molecule has 0 atom stereocenters. The van der Waals surface area contributed by atoms with Gasteiger partial charge in [-0.15, -0.1) is 0 Å². The highest BCUT2D eigenvalue weighted by Gasteiger charge is 2.54. The van der Waals surface area contributed by atoms with Crippen LogP contribution in [0.3, 0.4) is 0 Å². The summed E-state index contributed by atoms with van der Waals surface area (Å²) in [5.74, 6) is -1.10. The van der Waals surface area contributed by atoms with Gasteiger partial charge in [-0.3, -0.25) is 9.78 Å². The topological polar surface area (TPSA) is 50.2 Å². The van der Waals surface area contributed by atoms with Crippen LogP contribution in [0.15, 0.2) is 12.3 Å². The number of carboxylic acids is 1. The van der Waals surface area contributed by atoms with Crippen molar-refractivity contribution in [3.8, 4) is 0 Å². The Kier molecular flexibility index (Phi) is 2.57. The number of hydrogen-bond acceptors (Lipinski definition) is 2. The third-order valence-corrected chi connectivity index (χ3v) is 3.07. The molecule has 0 aromatic carbocycles. The minimum absolute atomic E-state index is 0.0136. The molecule has 1 aliphatic rings. The molecule has 0 radical (unpaired) electrons. The maximum Gasteiger partial charge on any atom is 0.417 e. The average molecular weight is 266 g/mol. The van der Waals surface area contributed by atoms with Crippen LogP contribution in [0.1, 0.15) is 24.1 Å². The zero-order valence-electron chi connectivity index (χ0n) is 8.38. The molecule has 1 heterocycles. The highest BCUT2D eigenvalue weighted by molar-refractivity contribution is 6.31. The Balaban J connectivity index is 2.43. The molecule has 0 bridgehead atoms. The van der Waals surface area contributed by atoms with Gasteiger partial charge < -0.3 is 5.11 Å². The Hall–Kier alpha value is -1.30. The standard InChI is InChI=1S/C10H7ClF3NO2/c11-6-3-5(10(12,13)14)4-15-7(6)9(1-2-9)8(16)17/h3-4H,1-2H2,(H,16,17). The molecule has 1 aliphatic carbocycles. The lowest BCUT2D eigenvalue weighted by atomic mass is 10.0. The fraction of sp³-hybridized carbons (Fsp3) is 0.400. The highest BCUT2D eigenvalue weighted by Crippen LogP contribution is 2.50. The summed E-state index contributed by atoms with van der Waals surface area (Å²) in [6.45, 7) is 0. The number of aliphatic carboxylic acids is 1. The van der Waals surface area contributed by atoms with Crippen LogP contribution >= 0.6 is 11.6 Å². The molecular formula is C10H7ClF3NO2. The van der Waals surface area contributed by atoms with Crippen LogP contribution in [0.4, 0.5) is 13.2 Å². The second-order valence-corrected chi connectivity index (χ2v) is 4.35. The van der Waals surface area contributed by atoms with E-state index in [0.29, 0.717) is 25.1 Å². The first kappa shape index (κ1) is 12.2. The van der Waals surface area contributed by atoms with Crippen molar-refractivity contribution in [2.24, 2.45) is 0 Å². The predicted octanol–water partition coefficient (Wildman–Crippen LogP) is 2.87. The van der Waals surface area contributed by atoms with E-state index in [1.54, 1.807) is 0 Å². The summed E-state index contributed by atoms with van der Waals surface area (Å²) in [5.41, 5.74) is -2.16. The van der Waals surface area contributed by atoms with Gasteiger partial charge in [0.1, 0.15) is 5.41 Å². The first-order valence-corrected chi connectivity index (χ1v) is 5.12. The Morgan fingerprint density at radius 2 is 2.06 bits per heavy atom. The first-order chi connectivity index (χ1) is 7.77. The molecule has 1 aromatic rings. The van der Waals surface area contributed by atoms with E-state index in [4.69, 9.17) is 16.7 Å². The van der Waals surface area contributed by atoms with Gasteiger partial charge >= 0.3 is 12.1 Å². The van der Waals surface area contributed by atoms with Crippen molar-refractivity contribution < 1.29 is 23.1 Å². The molecule has 17 heavy (non-hydrogen) atoms. The quantitative estimate of drug-likeness (QED) is 0.894. The van der Waals surface area contributed by atoms with E-state index >= 15 is 0 Å². The SMILES string of the molecule is O=C(O)C1(c2ncc(C(F)(F)F)cc2Cl)CC1. The van der Waals surface area contributed by atoms with E-state index in [-0.39, 0.29) is 10.7 Å².